The molecule has 1 amide bonds. The van der Waals surface area contributed by atoms with Crippen molar-refractivity contribution in [1.82, 2.24) is 4.90 Å². The average Bonchev–Trinajstić information content (AvgIpc) is 2.42. The van der Waals surface area contributed by atoms with E-state index < -0.39 is 5.82 Å². The van der Waals surface area contributed by atoms with E-state index in [2.05, 4.69) is 0 Å². The average molecular weight is 283 g/mol. The standard InChI is InChI=1S/C15H22FNO3/c1-11-5-6-14(16)13(9-11)15(18)17(7-8-19-3)12(2)10-20-4/h5-6,9,12H,7-8,10H2,1-4H3. The fraction of sp³-hybridized carbons (Fsp3) is 0.533. The molecule has 0 bridgehead atoms. The quantitative estimate of drug-likeness (QED) is 0.770. The number of methoxy groups -OCH3 is 2. The SMILES string of the molecule is COCCN(C(=O)c1cc(C)ccc1F)C(C)COC. The Hall–Kier alpha value is -1.46. The third-order valence-corrected chi connectivity index (χ3v) is 3.09. The van der Waals surface area contributed by atoms with Crippen LogP contribution < -0.4 is 0 Å². The summed E-state index contributed by atoms with van der Waals surface area (Å²) in [6, 6.07) is 4.38. The predicted molar refractivity (Wildman–Crippen MR) is 75.4 cm³/mol. The highest BCUT2D eigenvalue weighted by atomic mass is 19.1. The van der Waals surface area contributed by atoms with Crippen LogP contribution in [0.1, 0.15) is 22.8 Å². The zero-order chi connectivity index (χ0) is 15.1. The molecule has 0 saturated heterocycles. The molecule has 0 radical (unpaired) electrons. The first-order chi connectivity index (χ1) is 9.51. The van der Waals surface area contributed by atoms with Gasteiger partial charge in [0.05, 0.1) is 24.8 Å². The van der Waals surface area contributed by atoms with Gasteiger partial charge in [-0.2, -0.15) is 0 Å². The molecule has 0 fully saturated rings. The van der Waals surface area contributed by atoms with Gasteiger partial charge in [-0.15, -0.1) is 0 Å². The fourth-order valence-electron chi connectivity index (χ4n) is 2.00. The smallest absolute Gasteiger partial charge is 0.257 e. The number of hydrogen-bond acceptors (Lipinski definition) is 3. The molecule has 0 heterocycles. The largest absolute Gasteiger partial charge is 0.383 e. The number of ether oxygens (including phenoxy) is 2. The maximum Gasteiger partial charge on any atom is 0.257 e. The van der Waals surface area contributed by atoms with Crippen molar-refractivity contribution in [2.75, 3.05) is 34.0 Å². The van der Waals surface area contributed by atoms with Crippen LogP contribution in [0.4, 0.5) is 4.39 Å². The van der Waals surface area contributed by atoms with Gasteiger partial charge in [0.15, 0.2) is 0 Å². The Labute approximate surface area is 119 Å². The van der Waals surface area contributed by atoms with Crippen LogP contribution in [-0.2, 0) is 9.47 Å². The molecule has 0 aliphatic rings. The summed E-state index contributed by atoms with van der Waals surface area (Å²) in [7, 11) is 3.14. The number of benzene rings is 1. The van der Waals surface area contributed by atoms with Gasteiger partial charge in [0.1, 0.15) is 5.82 Å². The van der Waals surface area contributed by atoms with E-state index in [0.29, 0.717) is 19.8 Å². The maximum atomic E-state index is 13.8. The van der Waals surface area contributed by atoms with Gasteiger partial charge >= 0.3 is 0 Å². The van der Waals surface area contributed by atoms with Gasteiger partial charge in [-0.25, -0.2) is 4.39 Å². The first-order valence-electron chi connectivity index (χ1n) is 6.56. The number of halogens is 1. The Bertz CT molecular complexity index is 451. The molecule has 1 aromatic carbocycles. The van der Waals surface area contributed by atoms with Crippen molar-refractivity contribution in [2.45, 2.75) is 19.9 Å². The molecular weight excluding hydrogens is 261 g/mol. The van der Waals surface area contributed by atoms with Crippen LogP contribution >= 0.6 is 0 Å². The van der Waals surface area contributed by atoms with E-state index >= 15 is 0 Å². The van der Waals surface area contributed by atoms with Gasteiger partial charge in [0.2, 0.25) is 0 Å². The summed E-state index contributed by atoms with van der Waals surface area (Å²) in [5, 5.41) is 0. The van der Waals surface area contributed by atoms with Crippen LogP contribution in [0, 0.1) is 12.7 Å². The van der Waals surface area contributed by atoms with Crippen molar-refractivity contribution in [3.05, 3.63) is 35.1 Å². The Morgan fingerprint density at radius 2 is 2.05 bits per heavy atom. The first-order valence-corrected chi connectivity index (χ1v) is 6.56. The molecule has 0 aliphatic carbocycles. The molecule has 0 saturated carbocycles. The molecule has 5 heteroatoms. The van der Waals surface area contributed by atoms with E-state index in [1.807, 2.05) is 13.8 Å². The van der Waals surface area contributed by atoms with Gasteiger partial charge in [-0.1, -0.05) is 11.6 Å². The van der Waals surface area contributed by atoms with Crippen molar-refractivity contribution in [1.29, 1.82) is 0 Å². The van der Waals surface area contributed by atoms with E-state index in [0.717, 1.165) is 5.56 Å². The Balaban J connectivity index is 2.99. The number of aryl methyl sites for hydroxylation is 1. The lowest BCUT2D eigenvalue weighted by Crippen LogP contribution is -2.43. The van der Waals surface area contributed by atoms with Gasteiger partial charge in [-0.3, -0.25) is 4.79 Å². The minimum atomic E-state index is -0.507. The second kappa shape index (κ2) is 7.97. The Morgan fingerprint density at radius 3 is 2.65 bits per heavy atom. The molecule has 1 rings (SSSR count). The summed E-state index contributed by atoms with van der Waals surface area (Å²) in [6.07, 6.45) is 0. The molecule has 0 aromatic heterocycles. The summed E-state index contributed by atoms with van der Waals surface area (Å²) >= 11 is 0. The monoisotopic (exact) mass is 283 g/mol. The highest BCUT2D eigenvalue weighted by Gasteiger charge is 2.23. The third-order valence-electron chi connectivity index (χ3n) is 3.09. The molecule has 4 nitrogen and oxygen atoms in total. The molecule has 20 heavy (non-hydrogen) atoms. The van der Waals surface area contributed by atoms with E-state index in [-0.39, 0.29) is 17.5 Å². The van der Waals surface area contributed by atoms with E-state index in [4.69, 9.17) is 9.47 Å². The van der Waals surface area contributed by atoms with Gasteiger partial charge in [0, 0.05) is 20.8 Å². The number of hydrogen-bond donors (Lipinski definition) is 0. The zero-order valence-corrected chi connectivity index (χ0v) is 12.5. The second-order valence-electron chi connectivity index (χ2n) is 4.78. The molecule has 0 aliphatic heterocycles. The van der Waals surface area contributed by atoms with Crippen LogP contribution in [0.5, 0.6) is 0 Å². The molecule has 1 atom stereocenters. The number of carbonyl (C=O) groups excluding carboxylic acids is 1. The number of nitrogens with zero attached hydrogens (tertiary/aromatic N) is 1. The van der Waals surface area contributed by atoms with Gasteiger partial charge in [0.25, 0.3) is 5.91 Å². The first kappa shape index (κ1) is 16.6. The van der Waals surface area contributed by atoms with Gasteiger partial charge < -0.3 is 14.4 Å². The lowest BCUT2D eigenvalue weighted by molar-refractivity contribution is 0.0475. The molecular formula is C15H22FNO3. The third kappa shape index (κ3) is 4.28. The molecule has 1 unspecified atom stereocenters. The van der Waals surface area contributed by atoms with Crippen LogP contribution in [0.2, 0.25) is 0 Å². The predicted octanol–water partition coefficient (Wildman–Crippen LogP) is 2.26. The maximum absolute atomic E-state index is 13.8. The van der Waals surface area contributed by atoms with Crippen LogP contribution in [0.15, 0.2) is 18.2 Å². The summed E-state index contributed by atoms with van der Waals surface area (Å²) in [4.78, 5) is 14.1. The summed E-state index contributed by atoms with van der Waals surface area (Å²) < 4.78 is 23.9. The minimum Gasteiger partial charge on any atom is -0.383 e. The number of carbonyl (C=O) groups is 1. The van der Waals surface area contributed by atoms with Crippen molar-refractivity contribution in [2.24, 2.45) is 0 Å². The van der Waals surface area contributed by atoms with Crippen LogP contribution in [-0.4, -0.2) is 50.8 Å². The lowest BCUT2D eigenvalue weighted by Gasteiger charge is -2.29. The van der Waals surface area contributed by atoms with Crippen molar-refractivity contribution in [3.8, 4) is 0 Å². The lowest BCUT2D eigenvalue weighted by atomic mass is 10.1. The van der Waals surface area contributed by atoms with Gasteiger partial charge in [-0.05, 0) is 26.0 Å². The van der Waals surface area contributed by atoms with Crippen molar-refractivity contribution < 1.29 is 18.7 Å². The van der Waals surface area contributed by atoms with Crippen LogP contribution in [0.25, 0.3) is 0 Å². The summed E-state index contributed by atoms with van der Waals surface area (Å²) in [5.41, 5.74) is 0.935. The molecule has 1 aromatic rings. The number of amides is 1. The summed E-state index contributed by atoms with van der Waals surface area (Å²) in [6.45, 7) is 4.88. The van der Waals surface area contributed by atoms with Crippen LogP contribution in [0.3, 0.4) is 0 Å². The Morgan fingerprint density at radius 1 is 1.35 bits per heavy atom. The minimum absolute atomic E-state index is 0.0871. The molecule has 0 spiro atoms. The highest BCUT2D eigenvalue weighted by Crippen LogP contribution is 2.15. The van der Waals surface area contributed by atoms with E-state index in [1.54, 1.807) is 31.3 Å². The number of rotatable bonds is 7. The normalized spacial score (nSPS) is 12.2. The second-order valence-corrected chi connectivity index (χ2v) is 4.78. The molecule has 0 N–H and O–H groups in total. The zero-order valence-electron chi connectivity index (χ0n) is 12.5. The van der Waals surface area contributed by atoms with E-state index in [9.17, 15) is 9.18 Å². The van der Waals surface area contributed by atoms with E-state index in [1.165, 1.54) is 6.07 Å². The summed E-state index contributed by atoms with van der Waals surface area (Å²) in [5.74, 6) is -0.847. The Kier molecular flexibility index (Phi) is 6.61. The topological polar surface area (TPSA) is 38.8 Å². The highest BCUT2D eigenvalue weighted by molar-refractivity contribution is 5.94. The molecule has 112 valence electrons. The van der Waals surface area contributed by atoms with Crippen molar-refractivity contribution in [3.63, 3.8) is 0 Å². The fourth-order valence-corrected chi connectivity index (χ4v) is 2.00. The van der Waals surface area contributed by atoms with Crippen molar-refractivity contribution >= 4 is 5.91 Å².